The lowest BCUT2D eigenvalue weighted by Crippen LogP contribution is -2.43. The van der Waals surface area contributed by atoms with Crippen LogP contribution in [0.15, 0.2) is 64.6 Å². The highest BCUT2D eigenvalue weighted by atomic mass is 32.2. The number of fused-ring (bicyclic) bond motifs is 3. The number of aliphatic imine (C=N–C) groups is 2. The fourth-order valence-corrected chi connectivity index (χ4v) is 5.06. The molecule has 6 nitrogen and oxygen atoms in total. The number of hydrogen-bond donors (Lipinski definition) is 1. The SMILES string of the molecule is CC[C@@H](SC1=Nc2ccccc2C2=N[C@@H](CC(C)C)C(=O)N12)C(=O)NCCc1ccccc1. The molecular formula is C26H30N4O2S. The second-order valence-electron chi connectivity index (χ2n) is 8.72. The molecule has 1 N–H and O–H groups in total. The summed E-state index contributed by atoms with van der Waals surface area (Å²) in [4.78, 5) is 37.4. The van der Waals surface area contributed by atoms with E-state index in [0.717, 1.165) is 17.7 Å². The third-order valence-corrected chi connectivity index (χ3v) is 7.03. The molecular weight excluding hydrogens is 432 g/mol. The predicted molar refractivity (Wildman–Crippen MR) is 135 cm³/mol. The molecule has 2 aromatic rings. The Morgan fingerprint density at radius 1 is 1.12 bits per heavy atom. The summed E-state index contributed by atoms with van der Waals surface area (Å²) < 4.78 is 0. The number of amidine groups is 2. The number of para-hydroxylation sites is 1. The van der Waals surface area contributed by atoms with Gasteiger partial charge in [-0.3, -0.25) is 14.6 Å². The van der Waals surface area contributed by atoms with E-state index < -0.39 is 6.04 Å². The lowest BCUT2D eigenvalue weighted by molar-refractivity contribution is -0.125. The molecule has 2 aromatic carbocycles. The molecule has 2 aliphatic rings. The standard InChI is InChI=1S/C26H30N4O2S/c1-4-22(24(31)27-15-14-18-10-6-5-7-11-18)33-26-29-20-13-9-8-12-19(20)23-28-21(16-17(2)3)25(32)30(23)26/h5-13,17,21-22H,4,14-16H2,1-3H3,(H,27,31)/t21-,22+/m0/s1. The van der Waals surface area contributed by atoms with E-state index in [4.69, 9.17) is 9.98 Å². The Balaban J connectivity index is 1.51. The van der Waals surface area contributed by atoms with Crippen molar-refractivity contribution in [3.8, 4) is 0 Å². The van der Waals surface area contributed by atoms with Gasteiger partial charge in [-0.25, -0.2) is 9.89 Å². The monoisotopic (exact) mass is 462 g/mol. The Bertz CT molecular complexity index is 1080. The van der Waals surface area contributed by atoms with Gasteiger partial charge in [-0.2, -0.15) is 0 Å². The maximum Gasteiger partial charge on any atom is 0.259 e. The fraction of sp³-hybridized carbons (Fsp3) is 0.385. The van der Waals surface area contributed by atoms with E-state index >= 15 is 0 Å². The van der Waals surface area contributed by atoms with Crippen LogP contribution < -0.4 is 5.32 Å². The maximum absolute atomic E-state index is 13.3. The number of thioether (sulfide) groups is 1. The Morgan fingerprint density at radius 3 is 2.58 bits per heavy atom. The van der Waals surface area contributed by atoms with Crippen LogP contribution in [0.4, 0.5) is 5.69 Å². The van der Waals surface area contributed by atoms with Gasteiger partial charge >= 0.3 is 0 Å². The maximum atomic E-state index is 13.3. The normalized spacial score (nSPS) is 17.9. The number of carbonyl (C=O) groups excluding carboxylic acids is 2. The van der Waals surface area contributed by atoms with Crippen molar-refractivity contribution in [2.45, 2.75) is 51.3 Å². The molecule has 2 amide bonds. The lowest BCUT2D eigenvalue weighted by Gasteiger charge is -2.27. The molecule has 172 valence electrons. The van der Waals surface area contributed by atoms with E-state index in [1.807, 2.05) is 49.4 Å². The van der Waals surface area contributed by atoms with Gasteiger partial charge < -0.3 is 5.32 Å². The molecule has 2 aliphatic heterocycles. The molecule has 7 heteroatoms. The highest BCUT2D eigenvalue weighted by molar-refractivity contribution is 8.15. The van der Waals surface area contributed by atoms with E-state index in [1.54, 1.807) is 4.90 Å². The quantitative estimate of drug-likeness (QED) is 0.625. The summed E-state index contributed by atoms with van der Waals surface area (Å²) in [5, 5.41) is 3.24. The van der Waals surface area contributed by atoms with Crippen molar-refractivity contribution < 1.29 is 9.59 Å². The summed E-state index contributed by atoms with van der Waals surface area (Å²) in [5.41, 5.74) is 2.83. The number of nitrogens with one attached hydrogen (secondary N) is 1. The molecule has 0 unspecified atom stereocenters. The molecule has 0 fully saturated rings. The van der Waals surface area contributed by atoms with Crippen LogP contribution in [0.3, 0.4) is 0 Å². The molecule has 0 aliphatic carbocycles. The molecule has 2 heterocycles. The molecule has 0 saturated heterocycles. The van der Waals surface area contributed by atoms with Crippen LogP contribution in [0, 0.1) is 5.92 Å². The zero-order valence-corrected chi connectivity index (χ0v) is 20.1. The van der Waals surface area contributed by atoms with Gasteiger partial charge in [0, 0.05) is 12.1 Å². The van der Waals surface area contributed by atoms with E-state index in [0.29, 0.717) is 36.3 Å². The Labute approximate surface area is 199 Å². The molecule has 33 heavy (non-hydrogen) atoms. The molecule has 0 radical (unpaired) electrons. The minimum atomic E-state index is -0.406. The topological polar surface area (TPSA) is 74.1 Å². The molecule has 0 aromatic heterocycles. The Morgan fingerprint density at radius 2 is 1.85 bits per heavy atom. The number of hydrogen-bond acceptors (Lipinski definition) is 5. The summed E-state index contributed by atoms with van der Waals surface area (Å²) in [5.74, 6) is 0.910. The molecule has 4 rings (SSSR count). The highest BCUT2D eigenvalue weighted by Crippen LogP contribution is 2.36. The van der Waals surface area contributed by atoms with Crippen molar-refractivity contribution in [1.29, 1.82) is 0 Å². The lowest BCUT2D eigenvalue weighted by atomic mass is 10.0. The van der Waals surface area contributed by atoms with Gasteiger partial charge in [0.1, 0.15) is 11.9 Å². The average Bonchev–Trinajstić information content (AvgIpc) is 3.13. The number of amides is 2. The van der Waals surface area contributed by atoms with Crippen LogP contribution >= 0.6 is 11.8 Å². The predicted octanol–water partition coefficient (Wildman–Crippen LogP) is 4.56. The van der Waals surface area contributed by atoms with Crippen molar-refractivity contribution in [1.82, 2.24) is 10.2 Å². The van der Waals surface area contributed by atoms with Crippen molar-refractivity contribution in [2.24, 2.45) is 15.9 Å². The van der Waals surface area contributed by atoms with Crippen molar-refractivity contribution in [2.75, 3.05) is 6.54 Å². The number of benzene rings is 2. The fourth-order valence-electron chi connectivity index (χ4n) is 4.02. The number of carbonyl (C=O) groups is 2. The van der Waals surface area contributed by atoms with Gasteiger partial charge in [0.25, 0.3) is 5.91 Å². The van der Waals surface area contributed by atoms with E-state index in [9.17, 15) is 9.59 Å². The molecule has 2 atom stereocenters. The first-order valence-electron chi connectivity index (χ1n) is 11.6. The van der Waals surface area contributed by atoms with Crippen LogP contribution in [-0.4, -0.2) is 45.6 Å². The van der Waals surface area contributed by atoms with E-state index in [2.05, 4.69) is 31.3 Å². The first kappa shape index (κ1) is 23.2. The molecule has 0 spiro atoms. The molecule has 0 saturated carbocycles. The Hall–Kier alpha value is -2.93. The van der Waals surface area contributed by atoms with Crippen LogP contribution in [-0.2, 0) is 16.0 Å². The summed E-state index contributed by atoms with van der Waals surface area (Å²) >= 11 is 1.35. The zero-order chi connectivity index (χ0) is 23.4. The van der Waals surface area contributed by atoms with Crippen molar-refractivity contribution >= 4 is 40.3 Å². The van der Waals surface area contributed by atoms with Crippen molar-refractivity contribution in [3.05, 3.63) is 65.7 Å². The Kier molecular flexibility index (Phi) is 7.28. The summed E-state index contributed by atoms with van der Waals surface area (Å²) in [6.07, 6.45) is 2.10. The number of nitrogens with zero attached hydrogens (tertiary/aromatic N) is 3. The first-order valence-corrected chi connectivity index (χ1v) is 12.4. The average molecular weight is 463 g/mol. The van der Waals surface area contributed by atoms with Crippen LogP contribution in [0.2, 0.25) is 0 Å². The van der Waals surface area contributed by atoms with Gasteiger partial charge in [-0.05, 0) is 42.9 Å². The van der Waals surface area contributed by atoms with Crippen LogP contribution in [0.5, 0.6) is 0 Å². The second kappa shape index (κ2) is 10.3. The van der Waals surface area contributed by atoms with Crippen LogP contribution in [0.1, 0.15) is 44.7 Å². The third kappa shape index (κ3) is 5.19. The van der Waals surface area contributed by atoms with Gasteiger partial charge in [0.2, 0.25) is 5.91 Å². The molecule has 0 bridgehead atoms. The summed E-state index contributed by atoms with van der Waals surface area (Å²) in [6, 6.07) is 17.4. The minimum absolute atomic E-state index is 0.0381. The van der Waals surface area contributed by atoms with Gasteiger partial charge in [-0.15, -0.1) is 0 Å². The van der Waals surface area contributed by atoms with Crippen LogP contribution in [0.25, 0.3) is 0 Å². The van der Waals surface area contributed by atoms with E-state index in [1.165, 1.54) is 17.3 Å². The first-order chi connectivity index (χ1) is 16.0. The second-order valence-corrected chi connectivity index (χ2v) is 9.89. The largest absolute Gasteiger partial charge is 0.355 e. The van der Waals surface area contributed by atoms with Gasteiger partial charge in [0.15, 0.2) is 5.17 Å². The highest BCUT2D eigenvalue weighted by Gasteiger charge is 2.42. The van der Waals surface area contributed by atoms with Crippen molar-refractivity contribution in [3.63, 3.8) is 0 Å². The van der Waals surface area contributed by atoms with E-state index in [-0.39, 0.29) is 17.1 Å². The van der Waals surface area contributed by atoms with Gasteiger partial charge in [-0.1, -0.05) is 75.0 Å². The third-order valence-electron chi connectivity index (χ3n) is 5.71. The smallest absolute Gasteiger partial charge is 0.259 e. The summed E-state index contributed by atoms with van der Waals surface area (Å²) in [6.45, 7) is 6.74. The number of rotatable bonds is 8. The van der Waals surface area contributed by atoms with Gasteiger partial charge in [0.05, 0.1) is 10.9 Å². The minimum Gasteiger partial charge on any atom is -0.355 e. The zero-order valence-electron chi connectivity index (χ0n) is 19.3. The summed E-state index contributed by atoms with van der Waals surface area (Å²) in [7, 11) is 0.